The maximum Gasteiger partial charge on any atom is 0.335 e. The number of hydrogen-bond donors (Lipinski definition) is 2. The number of nitrogens with zero attached hydrogens (tertiary/aromatic N) is 2. The normalized spacial score (nSPS) is 10.4. The smallest absolute Gasteiger partial charge is 0.335 e. The number of carbonyl (C=O) groups is 1. The molecule has 5 heteroatoms. The van der Waals surface area contributed by atoms with Crippen LogP contribution in [0.1, 0.15) is 27.3 Å². The molecule has 0 saturated carbocycles. The molecule has 0 fully saturated rings. The lowest BCUT2D eigenvalue weighted by Crippen LogP contribution is -2.14. The third-order valence-corrected chi connectivity index (χ3v) is 2.64. The maximum atomic E-state index is 10.8. The van der Waals surface area contributed by atoms with E-state index in [9.17, 15) is 4.79 Å². The highest BCUT2D eigenvalue weighted by Gasteiger charge is 2.03. The Hall–Kier alpha value is -2.27. The summed E-state index contributed by atoms with van der Waals surface area (Å²) >= 11 is 0. The van der Waals surface area contributed by atoms with Crippen LogP contribution in [0.5, 0.6) is 0 Å². The summed E-state index contributed by atoms with van der Waals surface area (Å²) in [4.78, 5) is 19.2. The number of nitrogens with one attached hydrogen (secondary N) is 1. The lowest BCUT2D eigenvalue weighted by molar-refractivity contribution is 0.0696. The zero-order valence-corrected chi connectivity index (χ0v) is 10.6. The molecule has 0 bridgehead atoms. The van der Waals surface area contributed by atoms with Crippen molar-refractivity contribution in [3.8, 4) is 0 Å². The van der Waals surface area contributed by atoms with Crippen LogP contribution in [0.2, 0.25) is 0 Å². The lowest BCUT2D eigenvalue weighted by Gasteiger charge is -2.05. The van der Waals surface area contributed by atoms with Gasteiger partial charge in [-0.15, -0.1) is 0 Å². The van der Waals surface area contributed by atoms with Gasteiger partial charge in [-0.1, -0.05) is 12.1 Å². The van der Waals surface area contributed by atoms with E-state index in [2.05, 4.69) is 15.3 Å². The Bertz CT molecular complexity index is 567. The molecule has 2 aromatic rings. The van der Waals surface area contributed by atoms with Crippen molar-refractivity contribution in [2.45, 2.75) is 20.0 Å². The van der Waals surface area contributed by atoms with Crippen LogP contribution >= 0.6 is 0 Å². The second-order valence-electron chi connectivity index (χ2n) is 4.26. The molecule has 2 rings (SSSR count). The molecule has 0 spiro atoms. The molecule has 5 nitrogen and oxygen atoms in total. The van der Waals surface area contributed by atoms with E-state index in [1.54, 1.807) is 30.6 Å². The van der Waals surface area contributed by atoms with Crippen molar-refractivity contribution in [2.24, 2.45) is 0 Å². The predicted molar refractivity (Wildman–Crippen MR) is 70.7 cm³/mol. The summed E-state index contributed by atoms with van der Waals surface area (Å²) < 4.78 is 0. The van der Waals surface area contributed by atoms with Crippen molar-refractivity contribution < 1.29 is 9.90 Å². The Morgan fingerprint density at radius 2 is 2.11 bits per heavy atom. The summed E-state index contributed by atoms with van der Waals surface area (Å²) in [6.45, 7) is 3.09. The Balaban J connectivity index is 1.90. The summed E-state index contributed by atoms with van der Waals surface area (Å²) in [7, 11) is 0. The molecule has 0 amide bonds. The molecule has 98 valence electrons. The van der Waals surface area contributed by atoms with E-state index < -0.39 is 5.97 Å². The second-order valence-corrected chi connectivity index (χ2v) is 4.26. The third kappa shape index (κ3) is 3.86. The van der Waals surface area contributed by atoms with Crippen molar-refractivity contribution in [2.75, 3.05) is 0 Å². The van der Waals surface area contributed by atoms with Gasteiger partial charge in [0.2, 0.25) is 0 Å². The Morgan fingerprint density at radius 1 is 1.26 bits per heavy atom. The van der Waals surface area contributed by atoms with Crippen LogP contribution in [0.15, 0.2) is 36.7 Å². The maximum absolute atomic E-state index is 10.8. The molecule has 0 aliphatic carbocycles. The third-order valence-electron chi connectivity index (χ3n) is 2.64. The molecule has 0 aliphatic heterocycles. The monoisotopic (exact) mass is 257 g/mol. The first-order valence-corrected chi connectivity index (χ1v) is 5.95. The van der Waals surface area contributed by atoms with Gasteiger partial charge in [-0.25, -0.2) is 4.79 Å². The first-order valence-electron chi connectivity index (χ1n) is 5.95. The van der Waals surface area contributed by atoms with Crippen molar-refractivity contribution >= 4 is 5.97 Å². The number of benzene rings is 1. The van der Waals surface area contributed by atoms with Gasteiger partial charge in [-0.2, -0.15) is 0 Å². The van der Waals surface area contributed by atoms with Crippen LogP contribution in [-0.4, -0.2) is 21.0 Å². The van der Waals surface area contributed by atoms with Gasteiger partial charge < -0.3 is 10.4 Å². The van der Waals surface area contributed by atoms with Crippen LogP contribution < -0.4 is 5.32 Å². The Kier molecular flexibility index (Phi) is 4.20. The van der Waals surface area contributed by atoms with Crippen LogP contribution in [0.3, 0.4) is 0 Å². The SMILES string of the molecule is Cc1cnc(CNCc2cccc(C(=O)O)c2)cn1. The minimum absolute atomic E-state index is 0.300. The lowest BCUT2D eigenvalue weighted by atomic mass is 10.1. The van der Waals surface area contributed by atoms with Gasteiger partial charge in [0.25, 0.3) is 0 Å². The van der Waals surface area contributed by atoms with Gasteiger partial charge in [0.15, 0.2) is 0 Å². The van der Waals surface area contributed by atoms with Crippen molar-refractivity contribution in [3.05, 3.63) is 59.2 Å². The van der Waals surface area contributed by atoms with E-state index >= 15 is 0 Å². The predicted octanol–water partition coefficient (Wildman–Crippen LogP) is 1.77. The number of aryl methyl sites for hydroxylation is 1. The molecular formula is C14H15N3O2. The quantitative estimate of drug-likeness (QED) is 0.853. The van der Waals surface area contributed by atoms with E-state index in [4.69, 9.17) is 5.11 Å². The highest BCUT2D eigenvalue weighted by molar-refractivity contribution is 5.87. The van der Waals surface area contributed by atoms with Crippen LogP contribution in [0, 0.1) is 6.92 Å². The molecule has 1 aromatic heterocycles. The minimum atomic E-state index is -0.911. The van der Waals surface area contributed by atoms with Crippen LogP contribution in [0.25, 0.3) is 0 Å². The van der Waals surface area contributed by atoms with Crippen molar-refractivity contribution in [1.82, 2.24) is 15.3 Å². The molecule has 0 saturated heterocycles. The van der Waals surface area contributed by atoms with Gasteiger partial charge in [-0.3, -0.25) is 9.97 Å². The second kappa shape index (κ2) is 6.06. The van der Waals surface area contributed by atoms with Gasteiger partial charge in [-0.05, 0) is 24.6 Å². The molecule has 0 radical (unpaired) electrons. The number of hydrogen-bond acceptors (Lipinski definition) is 4. The molecule has 0 atom stereocenters. The number of carboxylic acid groups (broad SMARTS) is 1. The Labute approximate surface area is 111 Å². The highest BCUT2D eigenvalue weighted by atomic mass is 16.4. The molecule has 2 N–H and O–H groups in total. The van der Waals surface area contributed by atoms with Gasteiger partial charge >= 0.3 is 5.97 Å². The van der Waals surface area contributed by atoms with Gasteiger partial charge in [0.05, 0.1) is 17.0 Å². The number of rotatable bonds is 5. The number of aromatic carboxylic acids is 1. The first-order chi connectivity index (χ1) is 9.15. The molecule has 0 unspecified atom stereocenters. The highest BCUT2D eigenvalue weighted by Crippen LogP contribution is 2.05. The standard InChI is InChI=1S/C14H15N3O2/c1-10-6-17-13(9-16-10)8-15-7-11-3-2-4-12(5-11)14(18)19/h2-6,9,15H,7-8H2,1H3,(H,18,19). The fourth-order valence-corrected chi connectivity index (χ4v) is 1.66. The van der Waals surface area contributed by atoms with E-state index in [1.165, 1.54) is 0 Å². The fourth-order valence-electron chi connectivity index (χ4n) is 1.66. The summed E-state index contributed by atoms with van der Waals surface area (Å²) in [5.41, 5.74) is 2.98. The van der Waals surface area contributed by atoms with Gasteiger partial charge in [0, 0.05) is 25.5 Å². The number of aromatic nitrogens is 2. The zero-order chi connectivity index (χ0) is 13.7. The molecule has 1 heterocycles. The summed E-state index contributed by atoms with van der Waals surface area (Å²) in [5, 5.41) is 12.1. The minimum Gasteiger partial charge on any atom is -0.478 e. The van der Waals surface area contributed by atoms with E-state index in [1.807, 2.05) is 13.0 Å². The molecular weight excluding hydrogens is 242 g/mol. The van der Waals surface area contributed by atoms with Crippen molar-refractivity contribution in [3.63, 3.8) is 0 Å². The first kappa shape index (κ1) is 13.2. The summed E-state index contributed by atoms with van der Waals surface area (Å²) in [6, 6.07) is 6.87. The van der Waals surface area contributed by atoms with Crippen LogP contribution in [0.4, 0.5) is 0 Å². The average Bonchev–Trinajstić information content (AvgIpc) is 2.41. The largest absolute Gasteiger partial charge is 0.478 e. The molecule has 19 heavy (non-hydrogen) atoms. The average molecular weight is 257 g/mol. The van der Waals surface area contributed by atoms with E-state index in [0.717, 1.165) is 17.0 Å². The van der Waals surface area contributed by atoms with Crippen LogP contribution in [-0.2, 0) is 13.1 Å². The topological polar surface area (TPSA) is 75.1 Å². The summed E-state index contributed by atoms with van der Waals surface area (Å²) in [6.07, 6.45) is 3.46. The zero-order valence-electron chi connectivity index (χ0n) is 10.6. The van der Waals surface area contributed by atoms with Crippen molar-refractivity contribution in [1.29, 1.82) is 0 Å². The number of carboxylic acids is 1. The Morgan fingerprint density at radius 3 is 2.79 bits per heavy atom. The molecule has 0 aliphatic rings. The van der Waals surface area contributed by atoms with Gasteiger partial charge in [0.1, 0.15) is 0 Å². The summed E-state index contributed by atoms with van der Waals surface area (Å²) in [5.74, 6) is -0.911. The molecule has 1 aromatic carbocycles. The van der Waals surface area contributed by atoms with E-state index in [0.29, 0.717) is 18.7 Å². The van der Waals surface area contributed by atoms with E-state index in [-0.39, 0.29) is 0 Å². The fraction of sp³-hybridized carbons (Fsp3) is 0.214.